The van der Waals surface area contributed by atoms with Gasteiger partial charge in [-0.15, -0.1) is 0 Å². The maximum atomic E-state index is 11.3. The average molecular weight is 236 g/mol. The second kappa shape index (κ2) is 4.65. The Kier molecular flexibility index (Phi) is 3.22. The summed E-state index contributed by atoms with van der Waals surface area (Å²) in [6.45, 7) is 4.15. The van der Waals surface area contributed by atoms with Gasteiger partial charge in [-0.25, -0.2) is 0 Å². The third-order valence-electron chi connectivity index (χ3n) is 3.23. The van der Waals surface area contributed by atoms with Gasteiger partial charge in [-0.3, -0.25) is 4.79 Å². The first kappa shape index (κ1) is 11.8. The topological polar surface area (TPSA) is 55.8 Å². The average Bonchev–Trinajstić information content (AvgIpc) is 2.75. The molecule has 1 N–H and O–H groups in total. The van der Waals surface area contributed by atoms with Crippen LogP contribution in [0.3, 0.4) is 0 Å². The Hall–Kier alpha value is -1.71. The van der Waals surface area contributed by atoms with E-state index in [-0.39, 0.29) is 12.7 Å². The molecule has 0 amide bonds. The summed E-state index contributed by atoms with van der Waals surface area (Å²) in [6, 6.07) is 5.35. The van der Waals surface area contributed by atoms with Crippen molar-refractivity contribution in [3.63, 3.8) is 0 Å². The predicted octanol–water partition coefficient (Wildman–Crippen LogP) is 2.63. The summed E-state index contributed by atoms with van der Waals surface area (Å²) in [5.41, 5.74) is 0.774. The van der Waals surface area contributed by atoms with Gasteiger partial charge in [-0.05, 0) is 23.6 Å². The molecule has 0 aliphatic carbocycles. The largest absolute Gasteiger partial charge is 0.481 e. The Labute approximate surface area is 100 Å². The number of hydrogen-bond donors (Lipinski definition) is 1. The van der Waals surface area contributed by atoms with E-state index in [1.165, 1.54) is 0 Å². The normalized spacial score (nSPS) is 16.6. The predicted molar refractivity (Wildman–Crippen MR) is 62.4 cm³/mol. The first-order valence-electron chi connectivity index (χ1n) is 5.75. The van der Waals surface area contributed by atoms with Crippen molar-refractivity contribution >= 4 is 5.97 Å². The summed E-state index contributed by atoms with van der Waals surface area (Å²) in [7, 11) is 0. The van der Waals surface area contributed by atoms with Crippen LogP contribution in [0, 0.1) is 5.92 Å². The van der Waals surface area contributed by atoms with Gasteiger partial charge in [0.1, 0.15) is 0 Å². The molecule has 1 aromatic carbocycles. The number of carboxylic acid groups (broad SMARTS) is 1. The summed E-state index contributed by atoms with van der Waals surface area (Å²) < 4.78 is 10.5. The van der Waals surface area contributed by atoms with Gasteiger partial charge in [-0.2, -0.15) is 0 Å². The van der Waals surface area contributed by atoms with Crippen LogP contribution in [0.4, 0.5) is 0 Å². The van der Waals surface area contributed by atoms with Gasteiger partial charge in [0.15, 0.2) is 11.5 Å². The summed E-state index contributed by atoms with van der Waals surface area (Å²) in [6.07, 6.45) is 0.825. The number of carboxylic acids is 1. The molecule has 4 nitrogen and oxygen atoms in total. The Balaban J connectivity index is 2.33. The lowest BCUT2D eigenvalue weighted by molar-refractivity contribution is -0.140. The standard InChI is InChI=1S/C13H16O4/c1-3-8(2)12(13(14)15)9-4-5-10-11(6-9)17-7-16-10/h4-6,8,12H,3,7H2,1-2H3,(H,14,15). The molecule has 0 saturated heterocycles. The van der Waals surface area contributed by atoms with E-state index >= 15 is 0 Å². The molecule has 0 spiro atoms. The minimum absolute atomic E-state index is 0.0906. The molecule has 1 aliphatic rings. The van der Waals surface area contributed by atoms with Crippen LogP contribution in [-0.2, 0) is 4.79 Å². The number of fused-ring (bicyclic) bond motifs is 1. The fourth-order valence-electron chi connectivity index (χ4n) is 2.06. The molecule has 92 valence electrons. The minimum Gasteiger partial charge on any atom is -0.481 e. The van der Waals surface area contributed by atoms with Crippen LogP contribution in [0.5, 0.6) is 11.5 Å². The van der Waals surface area contributed by atoms with Gasteiger partial charge in [0.05, 0.1) is 5.92 Å². The quantitative estimate of drug-likeness (QED) is 0.873. The van der Waals surface area contributed by atoms with Crippen LogP contribution < -0.4 is 9.47 Å². The highest BCUT2D eigenvalue weighted by atomic mass is 16.7. The highest BCUT2D eigenvalue weighted by molar-refractivity contribution is 5.77. The highest BCUT2D eigenvalue weighted by Crippen LogP contribution is 2.37. The number of hydrogen-bond acceptors (Lipinski definition) is 3. The number of carbonyl (C=O) groups is 1. The maximum Gasteiger partial charge on any atom is 0.311 e. The SMILES string of the molecule is CCC(C)C(C(=O)O)c1ccc2c(c1)OCO2. The van der Waals surface area contributed by atoms with E-state index in [0.717, 1.165) is 12.0 Å². The third-order valence-corrected chi connectivity index (χ3v) is 3.23. The monoisotopic (exact) mass is 236 g/mol. The lowest BCUT2D eigenvalue weighted by Gasteiger charge is -2.19. The van der Waals surface area contributed by atoms with E-state index in [0.29, 0.717) is 11.5 Å². The summed E-state index contributed by atoms with van der Waals surface area (Å²) in [4.78, 5) is 11.3. The Bertz CT molecular complexity index is 427. The number of aliphatic carboxylic acids is 1. The summed E-state index contributed by atoms with van der Waals surface area (Å²) in [5, 5.41) is 9.30. The zero-order valence-electron chi connectivity index (χ0n) is 9.97. The van der Waals surface area contributed by atoms with Crippen LogP contribution in [0.1, 0.15) is 31.7 Å². The maximum absolute atomic E-state index is 11.3. The van der Waals surface area contributed by atoms with Gasteiger partial charge in [0, 0.05) is 0 Å². The van der Waals surface area contributed by atoms with Crippen molar-refractivity contribution in [3.05, 3.63) is 23.8 Å². The Morgan fingerprint density at radius 2 is 2.12 bits per heavy atom. The van der Waals surface area contributed by atoms with Gasteiger partial charge >= 0.3 is 5.97 Å². The van der Waals surface area contributed by atoms with Gasteiger partial charge in [0.2, 0.25) is 6.79 Å². The molecule has 2 unspecified atom stereocenters. The molecule has 0 fully saturated rings. The fraction of sp³-hybridized carbons (Fsp3) is 0.462. The van der Waals surface area contributed by atoms with Crippen molar-refractivity contribution in [2.75, 3.05) is 6.79 Å². The Morgan fingerprint density at radius 1 is 1.41 bits per heavy atom. The highest BCUT2D eigenvalue weighted by Gasteiger charge is 2.27. The first-order valence-corrected chi connectivity index (χ1v) is 5.75. The van der Waals surface area contributed by atoms with Crippen LogP contribution in [0.25, 0.3) is 0 Å². The van der Waals surface area contributed by atoms with Crippen LogP contribution in [0.15, 0.2) is 18.2 Å². The van der Waals surface area contributed by atoms with E-state index in [2.05, 4.69) is 0 Å². The third kappa shape index (κ3) is 2.20. The lowest BCUT2D eigenvalue weighted by Crippen LogP contribution is -2.19. The molecule has 17 heavy (non-hydrogen) atoms. The Morgan fingerprint density at radius 3 is 2.76 bits per heavy atom. The lowest BCUT2D eigenvalue weighted by atomic mass is 9.85. The van der Waals surface area contributed by atoms with Crippen LogP contribution >= 0.6 is 0 Å². The molecule has 4 heteroatoms. The van der Waals surface area contributed by atoms with Gasteiger partial charge in [-0.1, -0.05) is 26.3 Å². The van der Waals surface area contributed by atoms with Crippen molar-refractivity contribution in [1.82, 2.24) is 0 Å². The molecule has 2 atom stereocenters. The number of benzene rings is 1. The molecule has 0 radical (unpaired) electrons. The number of rotatable bonds is 4. The first-order chi connectivity index (χ1) is 8.13. The van der Waals surface area contributed by atoms with Crippen molar-refractivity contribution in [2.24, 2.45) is 5.92 Å². The van der Waals surface area contributed by atoms with Crippen molar-refractivity contribution in [2.45, 2.75) is 26.2 Å². The molecule has 0 bridgehead atoms. The second-order valence-electron chi connectivity index (χ2n) is 4.31. The second-order valence-corrected chi connectivity index (χ2v) is 4.31. The van der Waals surface area contributed by atoms with Gasteiger partial charge < -0.3 is 14.6 Å². The smallest absolute Gasteiger partial charge is 0.311 e. The van der Waals surface area contributed by atoms with Crippen molar-refractivity contribution in [3.8, 4) is 11.5 Å². The molecular weight excluding hydrogens is 220 g/mol. The molecular formula is C13H16O4. The summed E-state index contributed by atoms with van der Waals surface area (Å²) >= 11 is 0. The zero-order chi connectivity index (χ0) is 12.4. The number of ether oxygens (including phenoxy) is 2. The molecule has 0 saturated carbocycles. The van der Waals surface area contributed by atoms with E-state index in [1.807, 2.05) is 13.8 Å². The van der Waals surface area contributed by atoms with Crippen LogP contribution in [0.2, 0.25) is 0 Å². The molecule has 1 aliphatic heterocycles. The van der Waals surface area contributed by atoms with Crippen molar-refractivity contribution < 1.29 is 19.4 Å². The molecule has 1 aromatic rings. The molecule has 0 aromatic heterocycles. The minimum atomic E-state index is -0.793. The van der Waals surface area contributed by atoms with E-state index in [9.17, 15) is 9.90 Å². The fourth-order valence-corrected chi connectivity index (χ4v) is 2.06. The molecule has 2 rings (SSSR count). The molecule has 1 heterocycles. The van der Waals surface area contributed by atoms with Crippen molar-refractivity contribution in [1.29, 1.82) is 0 Å². The van der Waals surface area contributed by atoms with Crippen LogP contribution in [-0.4, -0.2) is 17.9 Å². The van der Waals surface area contributed by atoms with E-state index in [1.54, 1.807) is 18.2 Å². The summed E-state index contributed by atoms with van der Waals surface area (Å²) in [5.74, 6) is 0.125. The van der Waals surface area contributed by atoms with E-state index in [4.69, 9.17) is 9.47 Å². The van der Waals surface area contributed by atoms with Gasteiger partial charge in [0.25, 0.3) is 0 Å². The zero-order valence-corrected chi connectivity index (χ0v) is 9.97. The van der Waals surface area contributed by atoms with E-state index < -0.39 is 11.9 Å².